The third-order valence-corrected chi connectivity index (χ3v) is 4.34. The van der Waals surface area contributed by atoms with Crippen LogP contribution in [-0.2, 0) is 9.53 Å². The molecule has 18 heavy (non-hydrogen) atoms. The van der Waals surface area contributed by atoms with Crippen molar-refractivity contribution in [3.05, 3.63) is 0 Å². The second-order valence-corrected chi connectivity index (χ2v) is 7.01. The maximum absolute atomic E-state index is 11.9. The zero-order chi connectivity index (χ0) is 13.6. The number of rotatable bonds is 9. The fraction of sp³-hybridized carbons (Fsp3) is 0.929. The van der Waals surface area contributed by atoms with Crippen LogP contribution < -0.4 is 5.32 Å². The van der Waals surface area contributed by atoms with Gasteiger partial charge in [0.2, 0.25) is 0 Å². The number of carbonyl (C=O) groups excluding carboxylic acids is 1. The fourth-order valence-corrected chi connectivity index (χ4v) is 3.23. The number of methoxy groups -OCH3 is 1. The van der Waals surface area contributed by atoms with Crippen molar-refractivity contribution in [3.63, 3.8) is 0 Å². The molecule has 1 rings (SSSR count). The summed E-state index contributed by atoms with van der Waals surface area (Å²) in [5.41, 5.74) is -0.499. The minimum atomic E-state index is -0.499. The molecule has 1 fully saturated rings. The number of thioether (sulfide) groups is 1. The molecule has 1 N–H and O–H groups in total. The number of esters is 1. The Morgan fingerprint density at radius 2 is 2.11 bits per heavy atom. The van der Waals surface area contributed by atoms with E-state index in [0.29, 0.717) is 6.04 Å². The summed E-state index contributed by atoms with van der Waals surface area (Å²) in [6.45, 7) is 6.46. The van der Waals surface area contributed by atoms with Crippen LogP contribution >= 0.6 is 11.8 Å². The number of ether oxygens (including phenoxy) is 1. The van der Waals surface area contributed by atoms with Crippen LogP contribution in [0, 0.1) is 5.92 Å². The standard InChI is InChI=1S/C14H27NO2S/c1-11(2)7-9-18-10-8-14(3,13(16)17-4)15-12-5-6-12/h11-12,15H,5-10H2,1-4H3. The predicted molar refractivity (Wildman–Crippen MR) is 78.0 cm³/mol. The van der Waals surface area contributed by atoms with E-state index in [2.05, 4.69) is 19.2 Å². The topological polar surface area (TPSA) is 38.3 Å². The number of hydrogen-bond donors (Lipinski definition) is 1. The maximum atomic E-state index is 11.9. The lowest BCUT2D eigenvalue weighted by Crippen LogP contribution is -2.51. The second-order valence-electron chi connectivity index (χ2n) is 5.79. The molecular formula is C14H27NO2S. The van der Waals surface area contributed by atoms with Gasteiger partial charge >= 0.3 is 5.97 Å². The van der Waals surface area contributed by atoms with Crippen LogP contribution in [0.25, 0.3) is 0 Å². The molecule has 0 aromatic carbocycles. The summed E-state index contributed by atoms with van der Waals surface area (Å²) in [4.78, 5) is 11.9. The van der Waals surface area contributed by atoms with Crippen LogP contribution in [-0.4, -0.2) is 36.2 Å². The van der Waals surface area contributed by atoms with E-state index in [1.165, 1.54) is 32.1 Å². The van der Waals surface area contributed by atoms with Crippen LogP contribution in [0.5, 0.6) is 0 Å². The lowest BCUT2D eigenvalue weighted by molar-refractivity contribution is -0.148. The lowest BCUT2D eigenvalue weighted by Gasteiger charge is -2.28. The Morgan fingerprint density at radius 1 is 1.44 bits per heavy atom. The summed E-state index contributed by atoms with van der Waals surface area (Å²) in [7, 11) is 1.47. The van der Waals surface area contributed by atoms with Crippen molar-refractivity contribution in [1.82, 2.24) is 5.32 Å². The van der Waals surface area contributed by atoms with Gasteiger partial charge in [0.05, 0.1) is 7.11 Å². The molecule has 0 saturated heterocycles. The van der Waals surface area contributed by atoms with E-state index in [4.69, 9.17) is 4.74 Å². The normalized spacial score (nSPS) is 18.7. The van der Waals surface area contributed by atoms with Crippen molar-refractivity contribution in [3.8, 4) is 0 Å². The van der Waals surface area contributed by atoms with Gasteiger partial charge in [0.25, 0.3) is 0 Å². The van der Waals surface area contributed by atoms with Crippen LogP contribution in [0.15, 0.2) is 0 Å². The molecule has 1 saturated carbocycles. The molecule has 1 aliphatic carbocycles. The fourth-order valence-electron chi connectivity index (χ4n) is 1.83. The van der Waals surface area contributed by atoms with Crippen LogP contribution in [0.1, 0.15) is 46.5 Å². The van der Waals surface area contributed by atoms with E-state index < -0.39 is 5.54 Å². The summed E-state index contributed by atoms with van der Waals surface area (Å²) in [6, 6.07) is 0.523. The van der Waals surface area contributed by atoms with Gasteiger partial charge in [0, 0.05) is 6.04 Å². The van der Waals surface area contributed by atoms with Crippen molar-refractivity contribution in [2.75, 3.05) is 18.6 Å². The molecular weight excluding hydrogens is 246 g/mol. The van der Waals surface area contributed by atoms with Crippen LogP contribution in [0.3, 0.4) is 0 Å². The largest absolute Gasteiger partial charge is 0.468 e. The highest BCUT2D eigenvalue weighted by Gasteiger charge is 2.38. The summed E-state index contributed by atoms with van der Waals surface area (Å²) in [5.74, 6) is 2.82. The highest BCUT2D eigenvalue weighted by Crippen LogP contribution is 2.26. The maximum Gasteiger partial charge on any atom is 0.325 e. The first kappa shape index (κ1) is 15.8. The number of carbonyl (C=O) groups is 1. The summed E-state index contributed by atoms with van der Waals surface area (Å²) in [5, 5.41) is 3.43. The quantitative estimate of drug-likeness (QED) is 0.518. The molecule has 0 aliphatic heterocycles. The van der Waals surface area contributed by atoms with Gasteiger partial charge in [-0.2, -0.15) is 11.8 Å². The Morgan fingerprint density at radius 3 is 2.61 bits per heavy atom. The van der Waals surface area contributed by atoms with E-state index in [1.54, 1.807) is 0 Å². The molecule has 106 valence electrons. The highest BCUT2D eigenvalue weighted by atomic mass is 32.2. The molecule has 0 bridgehead atoms. The van der Waals surface area contributed by atoms with Crippen molar-refractivity contribution < 1.29 is 9.53 Å². The van der Waals surface area contributed by atoms with Gasteiger partial charge < -0.3 is 4.74 Å². The van der Waals surface area contributed by atoms with Crippen molar-refractivity contribution in [1.29, 1.82) is 0 Å². The van der Waals surface area contributed by atoms with Crippen LogP contribution in [0.4, 0.5) is 0 Å². The number of hydrogen-bond acceptors (Lipinski definition) is 4. The molecule has 0 radical (unpaired) electrons. The SMILES string of the molecule is COC(=O)C(C)(CCSCCC(C)C)NC1CC1. The van der Waals surface area contributed by atoms with Crippen molar-refractivity contribution >= 4 is 17.7 Å². The second kappa shape index (κ2) is 7.39. The van der Waals surface area contributed by atoms with Crippen LogP contribution in [0.2, 0.25) is 0 Å². The minimum absolute atomic E-state index is 0.126. The summed E-state index contributed by atoms with van der Waals surface area (Å²) < 4.78 is 4.93. The summed E-state index contributed by atoms with van der Waals surface area (Å²) in [6.07, 6.45) is 4.47. The molecule has 1 unspecified atom stereocenters. The minimum Gasteiger partial charge on any atom is -0.468 e. The molecule has 4 heteroatoms. The molecule has 3 nitrogen and oxygen atoms in total. The van der Waals surface area contributed by atoms with Gasteiger partial charge in [-0.05, 0) is 50.0 Å². The Balaban J connectivity index is 2.29. The van der Waals surface area contributed by atoms with E-state index in [9.17, 15) is 4.79 Å². The Labute approximate surface area is 115 Å². The van der Waals surface area contributed by atoms with Gasteiger partial charge in [-0.3, -0.25) is 10.1 Å². The monoisotopic (exact) mass is 273 g/mol. The zero-order valence-electron chi connectivity index (χ0n) is 12.1. The third kappa shape index (κ3) is 5.61. The van der Waals surface area contributed by atoms with E-state index in [0.717, 1.165) is 18.1 Å². The smallest absolute Gasteiger partial charge is 0.325 e. The Hall–Kier alpha value is -0.220. The third-order valence-electron chi connectivity index (χ3n) is 3.32. The molecule has 0 aromatic rings. The predicted octanol–water partition coefficient (Wildman–Crippen LogP) is 2.84. The molecule has 0 spiro atoms. The van der Waals surface area contributed by atoms with E-state index >= 15 is 0 Å². The van der Waals surface area contributed by atoms with Gasteiger partial charge in [0.1, 0.15) is 5.54 Å². The van der Waals surface area contributed by atoms with Gasteiger partial charge in [-0.1, -0.05) is 13.8 Å². The number of nitrogens with one attached hydrogen (secondary N) is 1. The first-order valence-corrected chi connectivity index (χ1v) is 8.07. The van der Waals surface area contributed by atoms with E-state index in [-0.39, 0.29) is 5.97 Å². The molecule has 1 atom stereocenters. The van der Waals surface area contributed by atoms with Crippen molar-refractivity contribution in [2.24, 2.45) is 5.92 Å². The molecule has 0 heterocycles. The Bertz CT molecular complexity index is 267. The summed E-state index contributed by atoms with van der Waals surface area (Å²) >= 11 is 1.94. The highest BCUT2D eigenvalue weighted by molar-refractivity contribution is 7.99. The average Bonchev–Trinajstić information content (AvgIpc) is 3.10. The average molecular weight is 273 g/mol. The van der Waals surface area contributed by atoms with E-state index in [1.807, 2.05) is 18.7 Å². The van der Waals surface area contributed by atoms with Gasteiger partial charge in [0.15, 0.2) is 0 Å². The zero-order valence-corrected chi connectivity index (χ0v) is 12.9. The Kier molecular flexibility index (Phi) is 6.50. The molecule has 1 aliphatic rings. The van der Waals surface area contributed by atoms with Gasteiger partial charge in [-0.15, -0.1) is 0 Å². The lowest BCUT2D eigenvalue weighted by atomic mass is 9.99. The van der Waals surface area contributed by atoms with Crippen molar-refractivity contribution in [2.45, 2.75) is 58.0 Å². The first-order chi connectivity index (χ1) is 8.48. The molecule has 0 amide bonds. The first-order valence-electron chi connectivity index (χ1n) is 6.92. The molecule has 0 aromatic heterocycles. The van der Waals surface area contributed by atoms with Gasteiger partial charge in [-0.25, -0.2) is 0 Å².